The zero-order valence-corrected chi connectivity index (χ0v) is 11.7. The van der Waals surface area contributed by atoms with Gasteiger partial charge in [0.15, 0.2) is 0 Å². The first-order chi connectivity index (χ1) is 8.67. The van der Waals surface area contributed by atoms with Crippen LogP contribution in [0, 0.1) is 0 Å². The fraction of sp³-hybridized carbons (Fsp3) is 0.600. The summed E-state index contributed by atoms with van der Waals surface area (Å²) in [6.45, 7) is 6.78. The highest BCUT2D eigenvalue weighted by Gasteiger charge is 2.02. The van der Waals surface area contributed by atoms with E-state index >= 15 is 0 Å². The average Bonchev–Trinajstić information content (AvgIpc) is 2.43. The summed E-state index contributed by atoms with van der Waals surface area (Å²) in [5.41, 5.74) is 14.0. The SMILES string of the molecule is CCC(C)c1ccc(CCNCC(N)CN)cc1. The second-order valence-electron chi connectivity index (χ2n) is 5.00. The molecule has 1 aromatic carbocycles. The predicted molar refractivity (Wildman–Crippen MR) is 78.8 cm³/mol. The molecule has 0 fully saturated rings. The molecule has 0 bridgehead atoms. The first kappa shape index (κ1) is 15.2. The lowest BCUT2D eigenvalue weighted by Crippen LogP contribution is -2.40. The zero-order valence-electron chi connectivity index (χ0n) is 11.7. The summed E-state index contributed by atoms with van der Waals surface area (Å²) in [7, 11) is 0. The number of rotatable bonds is 8. The number of hydrogen-bond acceptors (Lipinski definition) is 3. The van der Waals surface area contributed by atoms with Crippen LogP contribution in [0.25, 0.3) is 0 Å². The molecular formula is C15H27N3. The van der Waals surface area contributed by atoms with E-state index in [1.807, 2.05) is 0 Å². The normalized spacial score (nSPS) is 14.4. The molecular weight excluding hydrogens is 222 g/mol. The maximum atomic E-state index is 5.73. The minimum Gasteiger partial charge on any atom is -0.329 e. The molecule has 3 nitrogen and oxygen atoms in total. The van der Waals surface area contributed by atoms with Crippen molar-refractivity contribution in [1.82, 2.24) is 5.32 Å². The minimum absolute atomic E-state index is 0.0674. The first-order valence-corrected chi connectivity index (χ1v) is 6.92. The van der Waals surface area contributed by atoms with Gasteiger partial charge in [-0.1, -0.05) is 38.1 Å². The average molecular weight is 249 g/mol. The Labute approximate surface area is 111 Å². The molecule has 1 rings (SSSR count). The highest BCUT2D eigenvalue weighted by molar-refractivity contribution is 5.25. The van der Waals surface area contributed by atoms with Gasteiger partial charge in [-0.3, -0.25) is 0 Å². The summed E-state index contributed by atoms with van der Waals surface area (Å²) in [4.78, 5) is 0. The Morgan fingerprint density at radius 3 is 2.44 bits per heavy atom. The zero-order chi connectivity index (χ0) is 13.4. The Bertz CT molecular complexity index is 321. The molecule has 0 radical (unpaired) electrons. The molecule has 0 aliphatic carbocycles. The van der Waals surface area contributed by atoms with Crippen LogP contribution in [0.2, 0.25) is 0 Å². The standard InChI is InChI=1S/C15H27N3/c1-3-12(2)14-6-4-13(5-7-14)8-9-18-11-15(17)10-16/h4-7,12,15,18H,3,8-11,16-17H2,1-2H3. The molecule has 3 heteroatoms. The maximum Gasteiger partial charge on any atom is 0.0290 e. The molecule has 2 unspecified atom stereocenters. The van der Waals surface area contributed by atoms with Gasteiger partial charge < -0.3 is 16.8 Å². The summed E-state index contributed by atoms with van der Waals surface area (Å²) >= 11 is 0. The van der Waals surface area contributed by atoms with Crippen molar-refractivity contribution in [2.24, 2.45) is 11.5 Å². The van der Waals surface area contributed by atoms with Gasteiger partial charge in [0.2, 0.25) is 0 Å². The molecule has 0 saturated carbocycles. The van der Waals surface area contributed by atoms with Crippen LogP contribution in [0.15, 0.2) is 24.3 Å². The van der Waals surface area contributed by atoms with Crippen LogP contribution in [0.3, 0.4) is 0 Å². The number of nitrogens with two attached hydrogens (primary N) is 2. The monoisotopic (exact) mass is 249 g/mol. The summed E-state index contributed by atoms with van der Waals surface area (Å²) in [5.74, 6) is 0.653. The summed E-state index contributed by atoms with van der Waals surface area (Å²) in [6.07, 6.45) is 2.23. The van der Waals surface area contributed by atoms with E-state index < -0.39 is 0 Å². The summed E-state index contributed by atoms with van der Waals surface area (Å²) in [6, 6.07) is 9.01. The Kier molecular flexibility index (Phi) is 6.94. The third kappa shape index (κ3) is 5.17. The molecule has 18 heavy (non-hydrogen) atoms. The van der Waals surface area contributed by atoms with Crippen LogP contribution in [0.4, 0.5) is 0 Å². The van der Waals surface area contributed by atoms with Gasteiger partial charge in [0, 0.05) is 19.1 Å². The van der Waals surface area contributed by atoms with Crippen LogP contribution in [0.5, 0.6) is 0 Å². The van der Waals surface area contributed by atoms with Crippen molar-refractivity contribution in [3.05, 3.63) is 35.4 Å². The van der Waals surface area contributed by atoms with E-state index in [1.54, 1.807) is 0 Å². The van der Waals surface area contributed by atoms with Crippen molar-refractivity contribution in [3.8, 4) is 0 Å². The van der Waals surface area contributed by atoms with Gasteiger partial charge in [-0.25, -0.2) is 0 Å². The minimum atomic E-state index is 0.0674. The Balaban J connectivity index is 2.31. The van der Waals surface area contributed by atoms with Crippen LogP contribution >= 0.6 is 0 Å². The van der Waals surface area contributed by atoms with Crippen molar-refractivity contribution in [2.45, 2.75) is 38.6 Å². The Morgan fingerprint density at radius 1 is 1.22 bits per heavy atom. The number of nitrogens with one attached hydrogen (secondary N) is 1. The molecule has 0 spiro atoms. The molecule has 0 aliphatic rings. The van der Waals surface area contributed by atoms with E-state index in [1.165, 1.54) is 17.5 Å². The van der Waals surface area contributed by atoms with E-state index in [0.29, 0.717) is 12.5 Å². The maximum absolute atomic E-state index is 5.73. The van der Waals surface area contributed by atoms with E-state index in [0.717, 1.165) is 19.5 Å². The Hall–Kier alpha value is -0.900. The molecule has 1 aromatic rings. The number of benzene rings is 1. The highest BCUT2D eigenvalue weighted by Crippen LogP contribution is 2.18. The van der Waals surface area contributed by atoms with Crippen molar-refractivity contribution in [1.29, 1.82) is 0 Å². The summed E-state index contributed by atoms with van der Waals surface area (Å²) < 4.78 is 0. The smallest absolute Gasteiger partial charge is 0.0290 e. The van der Waals surface area contributed by atoms with Crippen LogP contribution in [-0.2, 0) is 6.42 Å². The fourth-order valence-electron chi connectivity index (χ4n) is 1.85. The molecule has 0 amide bonds. The fourth-order valence-corrected chi connectivity index (χ4v) is 1.85. The van der Waals surface area contributed by atoms with Crippen molar-refractivity contribution >= 4 is 0 Å². The van der Waals surface area contributed by atoms with Crippen molar-refractivity contribution in [3.63, 3.8) is 0 Å². The second kappa shape index (κ2) is 8.25. The third-order valence-corrected chi connectivity index (χ3v) is 3.46. The van der Waals surface area contributed by atoms with Gasteiger partial charge in [0.25, 0.3) is 0 Å². The first-order valence-electron chi connectivity index (χ1n) is 6.92. The lowest BCUT2D eigenvalue weighted by Gasteiger charge is -2.11. The third-order valence-electron chi connectivity index (χ3n) is 3.46. The van der Waals surface area contributed by atoms with E-state index in [4.69, 9.17) is 11.5 Å². The predicted octanol–water partition coefficient (Wildman–Crippen LogP) is 1.62. The van der Waals surface area contributed by atoms with E-state index in [-0.39, 0.29) is 6.04 Å². The topological polar surface area (TPSA) is 64.1 Å². The summed E-state index contributed by atoms with van der Waals surface area (Å²) in [5, 5.41) is 3.33. The number of hydrogen-bond donors (Lipinski definition) is 3. The largest absolute Gasteiger partial charge is 0.329 e. The van der Waals surface area contributed by atoms with Crippen LogP contribution in [0.1, 0.15) is 37.3 Å². The molecule has 0 aliphatic heterocycles. The molecule has 102 valence electrons. The van der Waals surface area contributed by atoms with Crippen molar-refractivity contribution in [2.75, 3.05) is 19.6 Å². The lowest BCUT2D eigenvalue weighted by molar-refractivity contribution is 0.583. The van der Waals surface area contributed by atoms with E-state index in [2.05, 4.69) is 43.4 Å². The van der Waals surface area contributed by atoms with Gasteiger partial charge in [-0.05, 0) is 36.4 Å². The van der Waals surface area contributed by atoms with Crippen molar-refractivity contribution < 1.29 is 0 Å². The molecule has 0 aromatic heterocycles. The molecule has 0 heterocycles. The van der Waals surface area contributed by atoms with Gasteiger partial charge in [-0.2, -0.15) is 0 Å². The van der Waals surface area contributed by atoms with Crippen LogP contribution in [-0.4, -0.2) is 25.7 Å². The molecule has 2 atom stereocenters. The molecule has 5 N–H and O–H groups in total. The Morgan fingerprint density at radius 2 is 1.89 bits per heavy atom. The molecule has 0 saturated heterocycles. The quantitative estimate of drug-likeness (QED) is 0.613. The van der Waals surface area contributed by atoms with Gasteiger partial charge in [-0.15, -0.1) is 0 Å². The van der Waals surface area contributed by atoms with Gasteiger partial charge in [0.05, 0.1) is 0 Å². The van der Waals surface area contributed by atoms with Crippen LogP contribution < -0.4 is 16.8 Å². The highest BCUT2D eigenvalue weighted by atomic mass is 14.9. The lowest BCUT2D eigenvalue weighted by atomic mass is 9.97. The van der Waals surface area contributed by atoms with Gasteiger partial charge >= 0.3 is 0 Å². The van der Waals surface area contributed by atoms with Gasteiger partial charge in [0.1, 0.15) is 0 Å². The van der Waals surface area contributed by atoms with E-state index in [9.17, 15) is 0 Å². The second-order valence-corrected chi connectivity index (χ2v) is 5.00.